The Morgan fingerprint density at radius 3 is 2.04 bits per heavy atom. The number of aliphatic hydroxyl groups excluding tert-OH is 3. The van der Waals surface area contributed by atoms with Gasteiger partial charge < -0.3 is 58.9 Å². The molecule has 0 aromatic heterocycles. The van der Waals surface area contributed by atoms with Crippen LogP contribution in [0.15, 0.2) is 0 Å². The number of cyclic esters (lactones) is 1. The normalized spacial score (nSPS) is 49.7. The fourth-order valence-electron chi connectivity index (χ4n) is 8.41. The molecule has 18 atom stereocenters. The molecule has 3 saturated heterocycles. The summed E-state index contributed by atoms with van der Waals surface area (Å²) >= 11 is 0. The lowest BCUT2D eigenvalue weighted by molar-refractivity contribution is -0.318. The van der Waals surface area contributed by atoms with Crippen molar-refractivity contribution < 1.29 is 63.5 Å². The fraction of sp³-hybridized carbons (Fsp3) is 0.946. The number of ketones is 1. The molecule has 298 valence electrons. The molecule has 0 spiro atoms. The summed E-state index contributed by atoms with van der Waals surface area (Å²) in [6.07, 6.45) is -9.71. The molecule has 0 aromatic rings. The minimum Gasteiger partial charge on any atom is -0.459 e. The van der Waals surface area contributed by atoms with Crippen LogP contribution in [0.3, 0.4) is 0 Å². The van der Waals surface area contributed by atoms with Crippen LogP contribution < -0.4 is 0 Å². The van der Waals surface area contributed by atoms with E-state index in [1.807, 2.05) is 25.9 Å². The highest BCUT2D eigenvalue weighted by Gasteiger charge is 2.53. The number of hydrogen-bond donors (Lipinski definition) is 5. The van der Waals surface area contributed by atoms with Crippen LogP contribution in [-0.2, 0) is 38.0 Å². The van der Waals surface area contributed by atoms with Gasteiger partial charge in [0.2, 0.25) is 0 Å². The van der Waals surface area contributed by atoms with E-state index in [0.717, 1.165) is 0 Å². The number of likely N-dealkylation sites (N-methyl/N-ethyl adjacent to an activating group) is 1. The molecule has 51 heavy (non-hydrogen) atoms. The Kier molecular flexibility index (Phi) is 14.7. The number of aliphatic hydroxyl groups is 5. The molecule has 1 unspecified atom stereocenters. The van der Waals surface area contributed by atoms with Crippen molar-refractivity contribution in [3.05, 3.63) is 0 Å². The second-order valence-corrected chi connectivity index (χ2v) is 16.5. The first-order valence-corrected chi connectivity index (χ1v) is 18.5. The predicted molar refractivity (Wildman–Crippen MR) is 186 cm³/mol. The Labute approximate surface area is 304 Å². The number of nitrogens with zero attached hydrogens (tertiary/aromatic N) is 1. The van der Waals surface area contributed by atoms with Gasteiger partial charge in [-0.25, -0.2) is 0 Å². The van der Waals surface area contributed by atoms with Crippen LogP contribution in [-0.4, -0.2) is 148 Å². The standard InChI is InChI=1S/C37H67NO13/c1-14-25-37(10,45)30(41)20(4)27(39)18(2)16-35(8,44)32(51-34-28(40)24(38(11)12)15-19(3)47-34)21(5)29(22(6)33(43)49-25)50-26-17-36(9,46-13)31(42)23(7)48-26/h18-26,28-32,34,40-42,44-45H,14-17H2,1-13H3/t18-,19-,20+,21+,22-,23+,24+,25-,26-,28-,29+,30-,31?,32-,34+,35-,36-,37+/m1/s1. The largest absolute Gasteiger partial charge is 0.459 e. The van der Waals surface area contributed by atoms with Crippen molar-refractivity contribution in [2.75, 3.05) is 21.2 Å². The maximum atomic E-state index is 14.1. The Morgan fingerprint density at radius 2 is 1.49 bits per heavy atom. The van der Waals surface area contributed by atoms with Gasteiger partial charge in [-0.15, -0.1) is 0 Å². The monoisotopic (exact) mass is 733 g/mol. The van der Waals surface area contributed by atoms with Gasteiger partial charge in [0.25, 0.3) is 0 Å². The molecule has 0 bridgehead atoms. The summed E-state index contributed by atoms with van der Waals surface area (Å²) in [5.41, 5.74) is -4.84. The van der Waals surface area contributed by atoms with E-state index in [9.17, 15) is 35.1 Å². The van der Waals surface area contributed by atoms with Gasteiger partial charge >= 0.3 is 5.97 Å². The Morgan fingerprint density at radius 1 is 0.882 bits per heavy atom. The third kappa shape index (κ3) is 9.51. The molecule has 0 amide bonds. The third-order valence-corrected chi connectivity index (χ3v) is 11.8. The van der Waals surface area contributed by atoms with Crippen molar-refractivity contribution in [1.29, 1.82) is 0 Å². The van der Waals surface area contributed by atoms with Gasteiger partial charge in [0.15, 0.2) is 12.6 Å². The van der Waals surface area contributed by atoms with Crippen LogP contribution in [0.4, 0.5) is 0 Å². The molecule has 0 saturated carbocycles. The third-order valence-electron chi connectivity index (χ3n) is 11.8. The van der Waals surface area contributed by atoms with Gasteiger partial charge in [-0.2, -0.15) is 0 Å². The average Bonchev–Trinajstić information content (AvgIpc) is 3.05. The second kappa shape index (κ2) is 17.0. The number of Topliss-reactive ketones (excluding diaryl/α,β-unsaturated/α-hetero) is 1. The Bertz CT molecular complexity index is 1170. The summed E-state index contributed by atoms with van der Waals surface area (Å²) in [6, 6.07) is -0.324. The van der Waals surface area contributed by atoms with Crippen LogP contribution in [0.25, 0.3) is 0 Å². The number of ether oxygens (including phenoxy) is 6. The van der Waals surface area contributed by atoms with Crippen LogP contribution in [0.5, 0.6) is 0 Å². The first-order valence-electron chi connectivity index (χ1n) is 18.5. The van der Waals surface area contributed by atoms with E-state index in [1.165, 1.54) is 27.9 Å². The summed E-state index contributed by atoms with van der Waals surface area (Å²) in [5.74, 6) is -4.98. The second-order valence-electron chi connectivity index (χ2n) is 16.5. The van der Waals surface area contributed by atoms with Crippen LogP contribution in [0, 0.1) is 23.7 Å². The summed E-state index contributed by atoms with van der Waals surface area (Å²) in [5, 5.41) is 57.6. The van der Waals surface area contributed by atoms with Gasteiger partial charge in [-0.1, -0.05) is 27.7 Å². The zero-order chi connectivity index (χ0) is 39.0. The highest BCUT2D eigenvalue weighted by Crippen LogP contribution is 2.40. The predicted octanol–water partition coefficient (Wildman–Crippen LogP) is 1.79. The van der Waals surface area contributed by atoms with Crippen molar-refractivity contribution >= 4 is 11.8 Å². The van der Waals surface area contributed by atoms with Gasteiger partial charge in [0.05, 0.1) is 47.6 Å². The lowest BCUT2D eigenvalue weighted by Gasteiger charge is -2.49. The minimum atomic E-state index is -1.99. The van der Waals surface area contributed by atoms with Crippen molar-refractivity contribution in [3.8, 4) is 0 Å². The number of carbonyl (C=O) groups excluding carboxylic acids is 2. The fourth-order valence-corrected chi connectivity index (χ4v) is 8.41. The van der Waals surface area contributed by atoms with E-state index in [2.05, 4.69) is 0 Å². The Hall–Kier alpha value is -1.30. The topological polar surface area (TPSA) is 194 Å². The zero-order valence-corrected chi connectivity index (χ0v) is 32.9. The van der Waals surface area contributed by atoms with Crippen molar-refractivity contribution in [2.24, 2.45) is 23.7 Å². The molecule has 3 heterocycles. The number of esters is 1. The molecule has 14 heteroatoms. The van der Waals surface area contributed by atoms with Crippen LogP contribution in [0.2, 0.25) is 0 Å². The van der Waals surface area contributed by atoms with E-state index < -0.39 is 108 Å². The van der Waals surface area contributed by atoms with Gasteiger partial charge in [-0.05, 0) is 74.9 Å². The van der Waals surface area contributed by atoms with E-state index in [4.69, 9.17) is 28.4 Å². The molecule has 0 radical (unpaired) electrons. The summed E-state index contributed by atoms with van der Waals surface area (Å²) in [4.78, 5) is 29.8. The highest BCUT2D eigenvalue weighted by atomic mass is 16.7. The average molecular weight is 734 g/mol. The Balaban J connectivity index is 2.18. The number of methoxy groups -OCH3 is 1. The van der Waals surface area contributed by atoms with E-state index in [0.29, 0.717) is 6.42 Å². The lowest BCUT2D eigenvalue weighted by Crippen LogP contribution is -2.61. The quantitative estimate of drug-likeness (QED) is 0.238. The molecule has 0 aliphatic carbocycles. The van der Waals surface area contributed by atoms with E-state index >= 15 is 0 Å². The maximum Gasteiger partial charge on any atom is 0.311 e. The van der Waals surface area contributed by atoms with Gasteiger partial charge in [0.1, 0.15) is 29.7 Å². The van der Waals surface area contributed by atoms with E-state index in [-0.39, 0.29) is 31.4 Å². The van der Waals surface area contributed by atoms with Crippen LogP contribution >= 0.6 is 0 Å². The summed E-state index contributed by atoms with van der Waals surface area (Å²) in [6.45, 7) is 16.3. The number of hydrogen-bond acceptors (Lipinski definition) is 14. The van der Waals surface area contributed by atoms with Gasteiger partial charge in [0, 0.05) is 37.3 Å². The molecular weight excluding hydrogens is 666 g/mol. The molecule has 3 aliphatic rings. The molecule has 3 rings (SSSR count). The van der Waals surface area contributed by atoms with Crippen molar-refractivity contribution in [1.82, 2.24) is 4.90 Å². The van der Waals surface area contributed by atoms with Crippen molar-refractivity contribution in [3.63, 3.8) is 0 Å². The van der Waals surface area contributed by atoms with Crippen LogP contribution in [0.1, 0.15) is 94.9 Å². The minimum absolute atomic E-state index is 0.0936. The molecule has 0 aromatic carbocycles. The number of carbonyl (C=O) groups is 2. The lowest BCUT2D eigenvalue weighted by atomic mass is 9.74. The molecule has 3 aliphatic heterocycles. The highest BCUT2D eigenvalue weighted by molar-refractivity contribution is 5.83. The molecule has 3 fully saturated rings. The van der Waals surface area contributed by atoms with E-state index in [1.54, 1.807) is 41.5 Å². The van der Waals surface area contributed by atoms with Crippen molar-refractivity contribution in [2.45, 2.75) is 179 Å². The SMILES string of the molecule is CC[C@H]1OC(=O)[C@H](C)[C@@H](O[C@@H]2C[C@@](C)(OC)C(O)[C@H](C)O2)[C@H](C)[C@@H](O[C@@H]2O[C@H](C)C[C@H](N(C)C)[C@H]2O)[C@](C)(O)C[C@@H](C)C(=O)[C@H](C)[C@@H](O)[C@@]1(C)O. The smallest absolute Gasteiger partial charge is 0.311 e. The van der Waals surface area contributed by atoms with Gasteiger partial charge in [-0.3, -0.25) is 9.59 Å². The molecule has 5 N–H and O–H groups in total. The summed E-state index contributed by atoms with van der Waals surface area (Å²) in [7, 11) is 5.18. The maximum absolute atomic E-state index is 14.1. The zero-order valence-electron chi connectivity index (χ0n) is 32.9. The molecule has 14 nitrogen and oxygen atoms in total. The molecular formula is C37H67NO13. The summed E-state index contributed by atoms with van der Waals surface area (Å²) < 4.78 is 37.1. The first kappa shape index (κ1) is 44.1. The first-order chi connectivity index (χ1) is 23.4. The number of rotatable bonds is 7.